The summed E-state index contributed by atoms with van der Waals surface area (Å²) in [6, 6.07) is 3.50. The van der Waals surface area contributed by atoms with Gasteiger partial charge >= 0.3 is 0 Å². The zero-order valence-corrected chi connectivity index (χ0v) is 12.0. The number of halogens is 1. The van der Waals surface area contributed by atoms with Crippen molar-refractivity contribution in [3.63, 3.8) is 0 Å². The molecule has 0 radical (unpaired) electrons. The molecule has 0 amide bonds. The van der Waals surface area contributed by atoms with Crippen LogP contribution in [0.5, 0.6) is 0 Å². The van der Waals surface area contributed by atoms with Crippen LogP contribution >= 0.6 is 0 Å². The first-order chi connectivity index (χ1) is 10.0. The van der Waals surface area contributed by atoms with E-state index in [4.69, 9.17) is 5.11 Å². The van der Waals surface area contributed by atoms with Crippen LogP contribution in [-0.2, 0) is 23.1 Å². The van der Waals surface area contributed by atoms with E-state index in [1.54, 1.807) is 12.4 Å². The van der Waals surface area contributed by atoms with Crippen molar-refractivity contribution in [1.29, 1.82) is 0 Å². The lowest BCUT2D eigenvalue weighted by molar-refractivity contribution is 0.281. The summed E-state index contributed by atoms with van der Waals surface area (Å²) in [5, 5.41) is 8.99. The number of benzene rings is 1. The number of nitrogens with one attached hydrogen (secondary N) is 2. The molecule has 0 fully saturated rings. The summed E-state index contributed by atoms with van der Waals surface area (Å²) in [6.45, 7) is -0.173. The predicted octanol–water partition coefficient (Wildman–Crippen LogP) is 0.952. The van der Waals surface area contributed by atoms with Gasteiger partial charge in [-0.3, -0.25) is 0 Å². The Hall–Kier alpha value is -1.77. The minimum Gasteiger partial charge on any atom is -0.392 e. The zero-order chi connectivity index (χ0) is 15.3. The molecule has 0 unspecified atom stereocenters. The minimum absolute atomic E-state index is 0.172. The van der Waals surface area contributed by atoms with Gasteiger partial charge in [-0.05, 0) is 24.1 Å². The number of aromatic amines is 1. The molecule has 3 N–H and O–H groups in total. The van der Waals surface area contributed by atoms with Gasteiger partial charge in [0.25, 0.3) is 0 Å². The third-order valence-corrected chi connectivity index (χ3v) is 4.38. The maximum Gasteiger partial charge on any atom is 0.243 e. The zero-order valence-electron chi connectivity index (χ0n) is 11.2. The van der Waals surface area contributed by atoms with Crippen LogP contribution in [0.1, 0.15) is 17.8 Å². The molecular formula is C13H16FN3O3S. The third kappa shape index (κ3) is 4.10. The quantitative estimate of drug-likeness (QED) is 0.663. The number of aryl methyl sites for hydroxylation is 1. The first-order valence-corrected chi connectivity index (χ1v) is 7.88. The summed E-state index contributed by atoms with van der Waals surface area (Å²) in [4.78, 5) is 6.49. The average molecular weight is 313 g/mol. The molecule has 0 saturated heterocycles. The van der Waals surface area contributed by atoms with E-state index in [1.165, 1.54) is 6.07 Å². The van der Waals surface area contributed by atoms with Gasteiger partial charge in [0.2, 0.25) is 10.0 Å². The minimum atomic E-state index is -3.93. The molecule has 0 spiro atoms. The van der Waals surface area contributed by atoms with E-state index in [0.29, 0.717) is 18.4 Å². The van der Waals surface area contributed by atoms with E-state index in [-0.39, 0.29) is 13.2 Å². The van der Waals surface area contributed by atoms with Crippen LogP contribution in [0, 0.1) is 5.82 Å². The van der Waals surface area contributed by atoms with Crippen LogP contribution in [0.3, 0.4) is 0 Å². The van der Waals surface area contributed by atoms with Crippen LogP contribution in [0.2, 0.25) is 0 Å². The number of hydrogen-bond donors (Lipinski definition) is 3. The summed E-state index contributed by atoms with van der Waals surface area (Å²) in [6.07, 6.45) is 4.44. The van der Waals surface area contributed by atoms with Gasteiger partial charge in [0.1, 0.15) is 16.5 Å². The molecule has 6 nitrogen and oxygen atoms in total. The molecule has 8 heteroatoms. The molecule has 0 bridgehead atoms. The highest BCUT2D eigenvalue weighted by Gasteiger charge is 2.19. The first-order valence-electron chi connectivity index (χ1n) is 6.40. The smallest absolute Gasteiger partial charge is 0.243 e. The molecule has 0 saturated carbocycles. The standard InChI is InChI=1S/C13H16FN3O3S/c14-11-4-3-10(9-18)8-12(11)21(19,20)17-5-1-2-13-15-6-7-16-13/h3-4,6-8,17-18H,1-2,5,9H2,(H,15,16). The molecule has 2 rings (SSSR count). The highest BCUT2D eigenvalue weighted by molar-refractivity contribution is 7.89. The van der Waals surface area contributed by atoms with Crippen LogP contribution < -0.4 is 4.72 Å². The van der Waals surface area contributed by atoms with Crippen molar-refractivity contribution < 1.29 is 17.9 Å². The molecule has 1 aromatic heterocycles. The Labute approximate surface area is 122 Å². The van der Waals surface area contributed by atoms with Crippen molar-refractivity contribution in [2.24, 2.45) is 0 Å². The molecule has 0 atom stereocenters. The highest BCUT2D eigenvalue weighted by Crippen LogP contribution is 2.16. The molecule has 0 aliphatic heterocycles. The van der Waals surface area contributed by atoms with Gasteiger partial charge in [-0.15, -0.1) is 0 Å². The molecule has 0 aliphatic carbocycles. The monoisotopic (exact) mass is 313 g/mol. The van der Waals surface area contributed by atoms with Crippen molar-refractivity contribution in [1.82, 2.24) is 14.7 Å². The fourth-order valence-corrected chi connectivity index (χ4v) is 3.03. The largest absolute Gasteiger partial charge is 0.392 e. The topological polar surface area (TPSA) is 95.1 Å². The molecule has 114 valence electrons. The number of H-pyrrole nitrogens is 1. The molecule has 21 heavy (non-hydrogen) atoms. The van der Waals surface area contributed by atoms with E-state index in [2.05, 4.69) is 14.7 Å². The molecule has 2 aromatic rings. The van der Waals surface area contributed by atoms with E-state index >= 15 is 0 Å². The Morgan fingerprint density at radius 2 is 2.19 bits per heavy atom. The molecular weight excluding hydrogens is 297 g/mol. The number of rotatable bonds is 7. The maximum absolute atomic E-state index is 13.6. The van der Waals surface area contributed by atoms with E-state index in [1.807, 2.05) is 0 Å². The van der Waals surface area contributed by atoms with Crippen molar-refractivity contribution in [2.45, 2.75) is 24.3 Å². The summed E-state index contributed by atoms with van der Waals surface area (Å²) < 4.78 is 40.0. The highest BCUT2D eigenvalue weighted by atomic mass is 32.2. The second-order valence-electron chi connectivity index (χ2n) is 4.46. The Balaban J connectivity index is 1.98. The Bertz CT molecular complexity index is 687. The fraction of sp³-hybridized carbons (Fsp3) is 0.308. The van der Waals surface area contributed by atoms with E-state index in [0.717, 1.165) is 18.0 Å². The number of aliphatic hydroxyl groups is 1. The van der Waals surface area contributed by atoms with Gasteiger partial charge in [0.15, 0.2) is 0 Å². The molecule has 1 heterocycles. The van der Waals surface area contributed by atoms with Gasteiger partial charge in [0.05, 0.1) is 6.61 Å². The third-order valence-electron chi connectivity index (χ3n) is 2.90. The second kappa shape index (κ2) is 6.79. The normalized spacial score (nSPS) is 11.7. The molecule has 0 aliphatic rings. The van der Waals surface area contributed by atoms with Crippen LogP contribution in [-0.4, -0.2) is 30.0 Å². The number of sulfonamides is 1. The maximum atomic E-state index is 13.6. The number of hydrogen-bond acceptors (Lipinski definition) is 4. The van der Waals surface area contributed by atoms with E-state index in [9.17, 15) is 12.8 Å². The summed E-state index contributed by atoms with van der Waals surface area (Å²) >= 11 is 0. The van der Waals surface area contributed by atoms with Gasteiger partial charge in [-0.1, -0.05) is 6.07 Å². The molecule has 1 aromatic carbocycles. The van der Waals surface area contributed by atoms with Gasteiger partial charge in [-0.2, -0.15) is 0 Å². The SMILES string of the molecule is O=S(=O)(NCCCc1ncc[nH]1)c1cc(CO)ccc1F. The van der Waals surface area contributed by atoms with Crippen LogP contribution in [0.15, 0.2) is 35.5 Å². The Kier molecular flexibility index (Phi) is 5.05. The van der Waals surface area contributed by atoms with Crippen molar-refractivity contribution in [3.8, 4) is 0 Å². The summed E-state index contributed by atoms with van der Waals surface area (Å²) in [5.74, 6) is -0.0756. The van der Waals surface area contributed by atoms with Gasteiger partial charge < -0.3 is 10.1 Å². The Morgan fingerprint density at radius 1 is 1.38 bits per heavy atom. The van der Waals surface area contributed by atoms with Gasteiger partial charge in [-0.25, -0.2) is 22.5 Å². The fourth-order valence-electron chi connectivity index (χ4n) is 1.83. The van der Waals surface area contributed by atoms with E-state index < -0.39 is 20.7 Å². The summed E-state index contributed by atoms with van der Waals surface area (Å²) in [5.41, 5.74) is 0.340. The lowest BCUT2D eigenvalue weighted by Gasteiger charge is -2.08. The van der Waals surface area contributed by atoms with Gasteiger partial charge in [0, 0.05) is 25.4 Å². The lowest BCUT2D eigenvalue weighted by Crippen LogP contribution is -2.26. The first kappa shape index (κ1) is 15.6. The van der Waals surface area contributed by atoms with Crippen molar-refractivity contribution in [2.75, 3.05) is 6.54 Å². The number of aromatic nitrogens is 2. The predicted molar refractivity (Wildman–Crippen MR) is 74.4 cm³/mol. The number of imidazole rings is 1. The van der Waals surface area contributed by atoms with Crippen LogP contribution in [0.4, 0.5) is 4.39 Å². The average Bonchev–Trinajstić information content (AvgIpc) is 2.97. The Morgan fingerprint density at radius 3 is 2.86 bits per heavy atom. The second-order valence-corrected chi connectivity index (χ2v) is 6.20. The van der Waals surface area contributed by atoms with Crippen molar-refractivity contribution >= 4 is 10.0 Å². The van der Waals surface area contributed by atoms with Crippen LogP contribution in [0.25, 0.3) is 0 Å². The number of aliphatic hydroxyl groups excluding tert-OH is 1. The number of nitrogens with zero attached hydrogens (tertiary/aromatic N) is 1. The lowest BCUT2D eigenvalue weighted by atomic mass is 10.2. The summed E-state index contributed by atoms with van der Waals surface area (Å²) in [7, 11) is -3.93. The van der Waals surface area contributed by atoms with Crippen molar-refractivity contribution in [3.05, 3.63) is 47.8 Å².